The van der Waals surface area contributed by atoms with Crippen LogP contribution in [0.4, 0.5) is 0 Å². The average Bonchev–Trinajstić information content (AvgIpc) is 2.04. The van der Waals surface area contributed by atoms with Crippen molar-refractivity contribution in [2.24, 2.45) is 0 Å². The van der Waals surface area contributed by atoms with E-state index < -0.39 is 17.7 Å². The topological polar surface area (TPSA) is 115 Å². The highest BCUT2D eigenvalue weighted by Gasteiger charge is 1.99. The second-order valence-corrected chi connectivity index (χ2v) is 1.36. The molecule has 0 heterocycles. The second-order valence-electron chi connectivity index (χ2n) is 1.36. The monoisotopic (exact) mass is 176 g/mol. The Labute approximate surface area is 67.7 Å². The molecular formula is C6H8O6. The second kappa shape index (κ2) is 7.13. The molecule has 0 aliphatic carbocycles. The number of aliphatic carboxylic acids is 2. The standard InChI is InChI=1S/C3H4O4.C3H4O2/c4-1-2(5)3(6)7;1-2-3(4)5/h1,4-5H,(H,6,7);2H,1H2,(H,4,5). The van der Waals surface area contributed by atoms with Crippen LogP contribution >= 0.6 is 0 Å². The molecule has 68 valence electrons. The van der Waals surface area contributed by atoms with E-state index in [0.717, 1.165) is 6.08 Å². The summed E-state index contributed by atoms with van der Waals surface area (Å²) in [5, 5.41) is 31.0. The Bertz CT molecular complexity index is 204. The first-order valence-corrected chi connectivity index (χ1v) is 2.57. The number of hydrogen-bond donors (Lipinski definition) is 4. The van der Waals surface area contributed by atoms with Crippen LogP contribution in [0.3, 0.4) is 0 Å². The first-order valence-electron chi connectivity index (χ1n) is 2.57. The van der Waals surface area contributed by atoms with Crippen molar-refractivity contribution in [2.45, 2.75) is 0 Å². The number of carboxylic acid groups (broad SMARTS) is 2. The SMILES string of the molecule is C=CC(=O)O.O=C(O)C(O)=CO. The lowest BCUT2D eigenvalue weighted by Gasteiger charge is -1.82. The van der Waals surface area contributed by atoms with Gasteiger partial charge in [-0.15, -0.1) is 0 Å². The largest absolute Gasteiger partial charge is 0.511 e. The summed E-state index contributed by atoms with van der Waals surface area (Å²) in [4.78, 5) is 18.7. The summed E-state index contributed by atoms with van der Waals surface area (Å²) in [7, 11) is 0. The van der Waals surface area contributed by atoms with Crippen LogP contribution in [0.2, 0.25) is 0 Å². The summed E-state index contributed by atoms with van der Waals surface area (Å²) in [5.41, 5.74) is 0. The fourth-order valence-corrected chi connectivity index (χ4v) is 0.0552. The maximum absolute atomic E-state index is 9.45. The first-order chi connectivity index (χ1) is 5.45. The van der Waals surface area contributed by atoms with Crippen molar-refractivity contribution in [3.05, 3.63) is 24.7 Å². The number of carbonyl (C=O) groups is 2. The molecule has 0 saturated carbocycles. The lowest BCUT2D eigenvalue weighted by Crippen LogP contribution is -1.97. The highest BCUT2D eigenvalue weighted by atomic mass is 16.4. The maximum Gasteiger partial charge on any atom is 0.374 e. The molecule has 6 nitrogen and oxygen atoms in total. The quantitative estimate of drug-likeness (QED) is 0.355. The Balaban J connectivity index is 0. The summed E-state index contributed by atoms with van der Waals surface area (Å²) >= 11 is 0. The highest BCUT2D eigenvalue weighted by Crippen LogP contribution is 1.81. The van der Waals surface area contributed by atoms with Crippen molar-refractivity contribution >= 4 is 11.9 Å². The summed E-state index contributed by atoms with van der Waals surface area (Å²) in [6.07, 6.45) is 0.947. The summed E-state index contributed by atoms with van der Waals surface area (Å²) in [6, 6.07) is 0. The molecule has 0 aliphatic rings. The Kier molecular flexibility index (Phi) is 7.53. The molecule has 6 heteroatoms. The number of aliphatic hydroxyl groups is 2. The molecule has 12 heavy (non-hydrogen) atoms. The van der Waals surface area contributed by atoms with E-state index in [1.54, 1.807) is 0 Å². The van der Waals surface area contributed by atoms with Gasteiger partial charge in [0.25, 0.3) is 0 Å². The van der Waals surface area contributed by atoms with Crippen LogP contribution in [0.25, 0.3) is 0 Å². The zero-order valence-electron chi connectivity index (χ0n) is 5.97. The molecule has 4 N–H and O–H groups in total. The molecule has 0 unspecified atom stereocenters. The molecule has 0 amide bonds. The van der Waals surface area contributed by atoms with Crippen molar-refractivity contribution in [3.8, 4) is 0 Å². The van der Waals surface area contributed by atoms with E-state index in [1.165, 1.54) is 0 Å². The zero-order chi connectivity index (χ0) is 10.1. The third-order valence-corrected chi connectivity index (χ3v) is 0.516. The summed E-state index contributed by atoms with van der Waals surface area (Å²) < 4.78 is 0. The predicted molar refractivity (Wildman–Crippen MR) is 38.8 cm³/mol. The zero-order valence-corrected chi connectivity index (χ0v) is 5.97. The fourth-order valence-electron chi connectivity index (χ4n) is 0.0552. The summed E-state index contributed by atoms with van der Waals surface area (Å²) in [6.45, 7) is 2.96. The third kappa shape index (κ3) is 10.9. The van der Waals surface area contributed by atoms with E-state index in [4.69, 9.17) is 20.4 Å². The van der Waals surface area contributed by atoms with Gasteiger partial charge in [-0.2, -0.15) is 0 Å². The minimum Gasteiger partial charge on any atom is -0.511 e. The van der Waals surface area contributed by atoms with Crippen LogP contribution in [0.15, 0.2) is 24.7 Å². The molecule has 0 aliphatic heterocycles. The molecular weight excluding hydrogens is 168 g/mol. The van der Waals surface area contributed by atoms with E-state index in [2.05, 4.69) is 6.58 Å². The lowest BCUT2D eigenvalue weighted by molar-refractivity contribution is -0.135. The van der Waals surface area contributed by atoms with Crippen molar-refractivity contribution in [1.29, 1.82) is 0 Å². The number of hydrogen-bond acceptors (Lipinski definition) is 4. The molecule has 0 aromatic heterocycles. The third-order valence-electron chi connectivity index (χ3n) is 0.516. The van der Waals surface area contributed by atoms with Gasteiger partial charge in [-0.05, 0) is 0 Å². The van der Waals surface area contributed by atoms with Gasteiger partial charge >= 0.3 is 11.9 Å². The van der Waals surface area contributed by atoms with Crippen LogP contribution in [0.5, 0.6) is 0 Å². The molecule has 0 saturated heterocycles. The maximum atomic E-state index is 9.45. The van der Waals surface area contributed by atoms with E-state index in [-0.39, 0.29) is 6.26 Å². The van der Waals surface area contributed by atoms with Crippen molar-refractivity contribution in [2.75, 3.05) is 0 Å². The molecule has 0 rings (SSSR count). The van der Waals surface area contributed by atoms with Gasteiger partial charge in [0.15, 0.2) is 0 Å². The predicted octanol–water partition coefficient (Wildman–Crippen LogP) is 0.285. The van der Waals surface area contributed by atoms with Crippen LogP contribution in [0.1, 0.15) is 0 Å². The van der Waals surface area contributed by atoms with Crippen molar-refractivity contribution in [3.63, 3.8) is 0 Å². The van der Waals surface area contributed by atoms with Crippen molar-refractivity contribution < 1.29 is 30.0 Å². The molecule has 0 radical (unpaired) electrons. The molecule has 0 aromatic rings. The molecule has 0 atom stereocenters. The van der Waals surface area contributed by atoms with E-state index in [9.17, 15) is 9.59 Å². The number of rotatable bonds is 2. The molecule has 0 bridgehead atoms. The minimum atomic E-state index is -1.54. The fraction of sp³-hybridized carbons (Fsp3) is 0. The number of aliphatic hydroxyl groups excluding tert-OH is 2. The van der Waals surface area contributed by atoms with Gasteiger partial charge in [0.1, 0.15) is 6.26 Å². The van der Waals surface area contributed by atoms with E-state index >= 15 is 0 Å². The van der Waals surface area contributed by atoms with Crippen LogP contribution < -0.4 is 0 Å². The minimum absolute atomic E-state index is 0.113. The van der Waals surface area contributed by atoms with Gasteiger partial charge in [0, 0.05) is 6.08 Å². The van der Waals surface area contributed by atoms with Crippen molar-refractivity contribution in [1.82, 2.24) is 0 Å². The molecule has 0 fully saturated rings. The number of carboxylic acids is 2. The smallest absolute Gasteiger partial charge is 0.374 e. The Hall–Kier alpha value is -1.98. The normalized spacial score (nSPS) is 9.17. The van der Waals surface area contributed by atoms with Gasteiger partial charge in [-0.3, -0.25) is 0 Å². The van der Waals surface area contributed by atoms with Gasteiger partial charge in [0.2, 0.25) is 5.76 Å². The lowest BCUT2D eigenvalue weighted by atomic mass is 10.6. The molecule has 0 aromatic carbocycles. The van der Waals surface area contributed by atoms with Crippen LogP contribution in [-0.4, -0.2) is 32.4 Å². The van der Waals surface area contributed by atoms with Gasteiger partial charge in [0.05, 0.1) is 0 Å². The van der Waals surface area contributed by atoms with Crippen LogP contribution in [-0.2, 0) is 9.59 Å². The van der Waals surface area contributed by atoms with E-state index in [0.29, 0.717) is 0 Å². The first kappa shape index (κ1) is 12.7. The van der Waals surface area contributed by atoms with Gasteiger partial charge in [-0.1, -0.05) is 6.58 Å². The Morgan fingerprint density at radius 1 is 1.17 bits per heavy atom. The van der Waals surface area contributed by atoms with Crippen LogP contribution in [0, 0.1) is 0 Å². The van der Waals surface area contributed by atoms with Gasteiger partial charge < -0.3 is 20.4 Å². The highest BCUT2D eigenvalue weighted by molar-refractivity contribution is 5.83. The molecule has 0 spiro atoms. The Morgan fingerprint density at radius 2 is 1.50 bits per heavy atom. The average molecular weight is 176 g/mol. The van der Waals surface area contributed by atoms with E-state index in [1.807, 2.05) is 0 Å². The van der Waals surface area contributed by atoms with Gasteiger partial charge in [-0.25, -0.2) is 9.59 Å². The Morgan fingerprint density at radius 3 is 1.50 bits per heavy atom. The summed E-state index contributed by atoms with van der Waals surface area (Å²) in [5.74, 6) is -3.58.